The van der Waals surface area contributed by atoms with E-state index >= 15 is 0 Å². The molecule has 32 heavy (non-hydrogen) atoms. The number of ketones is 2. The molecule has 0 radical (unpaired) electrons. The highest BCUT2D eigenvalue weighted by Gasteiger charge is 2.32. The normalized spacial score (nSPS) is 13.1. The van der Waals surface area contributed by atoms with Crippen molar-refractivity contribution in [3.8, 4) is 0 Å². The Bertz CT molecular complexity index is 1300. The van der Waals surface area contributed by atoms with Gasteiger partial charge in [0, 0.05) is 21.7 Å². The molecule has 0 aromatic heterocycles. The smallest absolute Gasteiger partial charge is 0.341 e. The second-order valence-corrected chi connectivity index (χ2v) is 7.53. The zero-order valence-electron chi connectivity index (χ0n) is 16.6. The predicted molar refractivity (Wildman–Crippen MR) is 115 cm³/mol. The number of esters is 1. The van der Waals surface area contributed by atoms with Gasteiger partial charge in [-0.1, -0.05) is 48.0 Å². The first-order valence-corrected chi connectivity index (χ1v) is 9.94. The molecule has 0 bridgehead atoms. The first kappa shape index (κ1) is 21.4. The monoisotopic (exact) mass is 451 g/mol. The van der Waals surface area contributed by atoms with E-state index in [1.54, 1.807) is 24.3 Å². The van der Waals surface area contributed by atoms with Gasteiger partial charge in [0.25, 0.3) is 5.91 Å². The van der Waals surface area contributed by atoms with Gasteiger partial charge in [0.05, 0.1) is 16.8 Å². The summed E-state index contributed by atoms with van der Waals surface area (Å²) >= 11 is 5.67. The van der Waals surface area contributed by atoms with E-state index in [9.17, 15) is 23.6 Å². The van der Waals surface area contributed by atoms with E-state index in [0.29, 0.717) is 5.56 Å². The molecule has 1 amide bonds. The Kier molecular flexibility index (Phi) is 5.59. The van der Waals surface area contributed by atoms with Crippen LogP contribution in [-0.4, -0.2) is 29.5 Å². The zero-order valence-corrected chi connectivity index (χ0v) is 17.4. The number of nitrogens with one attached hydrogen (secondary N) is 1. The molecule has 4 rings (SSSR count). The van der Waals surface area contributed by atoms with Crippen LogP contribution in [0.25, 0.3) is 0 Å². The van der Waals surface area contributed by atoms with E-state index in [4.69, 9.17) is 16.3 Å². The molecule has 3 aromatic rings. The number of anilines is 1. The summed E-state index contributed by atoms with van der Waals surface area (Å²) in [7, 11) is 0. The standard InChI is InChI=1S/C24H15ClFNO5/c1-12(32-24(31)16-10-9-13(25)11-18(16)26)23(30)27-19-8-4-7-17-20(19)22(29)15-6-3-2-5-14(15)21(17)28/h2-12H,1H3,(H,27,30). The molecule has 0 aliphatic heterocycles. The fourth-order valence-corrected chi connectivity index (χ4v) is 3.57. The highest BCUT2D eigenvalue weighted by Crippen LogP contribution is 2.32. The highest BCUT2D eigenvalue weighted by atomic mass is 35.5. The van der Waals surface area contributed by atoms with Crippen molar-refractivity contribution in [3.63, 3.8) is 0 Å². The van der Waals surface area contributed by atoms with Crippen molar-refractivity contribution in [1.29, 1.82) is 0 Å². The Labute approximate surface area is 187 Å². The minimum absolute atomic E-state index is 0.0619. The van der Waals surface area contributed by atoms with Gasteiger partial charge < -0.3 is 10.1 Å². The predicted octanol–water partition coefficient (Wildman–Crippen LogP) is 4.44. The van der Waals surface area contributed by atoms with Crippen molar-refractivity contribution in [2.24, 2.45) is 0 Å². The molecule has 3 aromatic carbocycles. The van der Waals surface area contributed by atoms with Gasteiger partial charge in [-0.25, -0.2) is 9.18 Å². The summed E-state index contributed by atoms with van der Waals surface area (Å²) in [6.07, 6.45) is -1.31. The first-order chi connectivity index (χ1) is 15.3. The summed E-state index contributed by atoms with van der Waals surface area (Å²) in [5, 5.41) is 2.64. The third-order valence-electron chi connectivity index (χ3n) is 5.01. The van der Waals surface area contributed by atoms with Gasteiger partial charge in [0.15, 0.2) is 17.7 Å². The molecule has 0 heterocycles. The topological polar surface area (TPSA) is 89.5 Å². The van der Waals surface area contributed by atoms with E-state index in [1.165, 1.54) is 31.2 Å². The average molecular weight is 452 g/mol. The third-order valence-corrected chi connectivity index (χ3v) is 5.25. The number of carbonyl (C=O) groups is 4. The van der Waals surface area contributed by atoms with Gasteiger partial charge in [-0.2, -0.15) is 0 Å². The van der Waals surface area contributed by atoms with Crippen LogP contribution in [0.3, 0.4) is 0 Å². The lowest BCUT2D eigenvalue weighted by atomic mass is 9.83. The number of benzene rings is 3. The molecule has 0 saturated carbocycles. The molecule has 1 atom stereocenters. The van der Waals surface area contributed by atoms with Gasteiger partial charge in [-0.05, 0) is 31.2 Å². The van der Waals surface area contributed by atoms with Crippen LogP contribution in [0.2, 0.25) is 5.02 Å². The molecule has 0 fully saturated rings. The van der Waals surface area contributed by atoms with Gasteiger partial charge in [-0.3, -0.25) is 14.4 Å². The first-order valence-electron chi connectivity index (χ1n) is 9.56. The third kappa shape index (κ3) is 3.78. The molecule has 0 saturated heterocycles. The van der Waals surface area contributed by atoms with E-state index < -0.39 is 29.6 Å². The Morgan fingerprint density at radius 3 is 2.28 bits per heavy atom. The number of amides is 1. The molecule has 1 aliphatic carbocycles. The number of halogens is 2. The van der Waals surface area contributed by atoms with Crippen molar-refractivity contribution in [2.45, 2.75) is 13.0 Å². The maximum atomic E-state index is 13.9. The molecule has 1 aliphatic rings. The Balaban J connectivity index is 1.56. The minimum atomic E-state index is -1.31. The maximum Gasteiger partial charge on any atom is 0.341 e. The number of rotatable bonds is 4. The Morgan fingerprint density at radius 1 is 0.938 bits per heavy atom. The summed E-state index contributed by atoms with van der Waals surface area (Å²) in [4.78, 5) is 50.7. The molecule has 1 unspecified atom stereocenters. The van der Waals surface area contributed by atoms with Crippen LogP contribution in [0, 0.1) is 5.82 Å². The largest absolute Gasteiger partial charge is 0.449 e. The van der Waals surface area contributed by atoms with Crippen LogP contribution < -0.4 is 5.32 Å². The maximum absolute atomic E-state index is 13.9. The lowest BCUT2D eigenvalue weighted by Gasteiger charge is -2.21. The van der Waals surface area contributed by atoms with Gasteiger partial charge in [0.1, 0.15) is 5.82 Å². The second-order valence-electron chi connectivity index (χ2n) is 7.09. The van der Waals surface area contributed by atoms with Crippen LogP contribution in [0.5, 0.6) is 0 Å². The average Bonchev–Trinajstić information content (AvgIpc) is 2.77. The van der Waals surface area contributed by atoms with Crippen molar-refractivity contribution in [3.05, 3.63) is 99.3 Å². The summed E-state index contributed by atoms with van der Waals surface area (Å²) in [6.45, 7) is 1.30. The van der Waals surface area contributed by atoms with E-state index in [1.807, 2.05) is 0 Å². The minimum Gasteiger partial charge on any atom is -0.449 e. The van der Waals surface area contributed by atoms with E-state index in [-0.39, 0.29) is 38.7 Å². The van der Waals surface area contributed by atoms with Gasteiger partial charge in [0.2, 0.25) is 0 Å². The van der Waals surface area contributed by atoms with Crippen molar-refractivity contribution in [2.75, 3.05) is 5.32 Å². The second kappa shape index (κ2) is 8.36. The van der Waals surface area contributed by atoms with Crippen molar-refractivity contribution >= 4 is 40.7 Å². The van der Waals surface area contributed by atoms with Gasteiger partial charge in [-0.15, -0.1) is 0 Å². The van der Waals surface area contributed by atoms with E-state index in [0.717, 1.165) is 12.1 Å². The molecule has 1 N–H and O–H groups in total. The van der Waals surface area contributed by atoms with Crippen molar-refractivity contribution < 1.29 is 28.3 Å². The summed E-state index contributed by atoms with van der Waals surface area (Å²) in [5.74, 6) is -3.41. The fourth-order valence-electron chi connectivity index (χ4n) is 3.42. The quantitative estimate of drug-likeness (QED) is 0.463. The highest BCUT2D eigenvalue weighted by molar-refractivity contribution is 6.31. The van der Waals surface area contributed by atoms with Crippen LogP contribution >= 0.6 is 11.6 Å². The van der Waals surface area contributed by atoms with Crippen LogP contribution in [-0.2, 0) is 9.53 Å². The lowest BCUT2D eigenvalue weighted by molar-refractivity contribution is -0.123. The van der Waals surface area contributed by atoms with E-state index in [2.05, 4.69) is 5.32 Å². The summed E-state index contributed by atoms with van der Waals surface area (Å²) in [5.41, 5.74) is 0.501. The zero-order chi connectivity index (χ0) is 23.0. The number of fused-ring (bicyclic) bond motifs is 2. The SMILES string of the molecule is CC(OC(=O)c1ccc(Cl)cc1F)C(=O)Nc1cccc2c1C(=O)c1ccccc1C2=O. The number of hydrogen-bond acceptors (Lipinski definition) is 5. The lowest BCUT2D eigenvalue weighted by Crippen LogP contribution is -2.31. The molecule has 8 heteroatoms. The van der Waals surface area contributed by atoms with Crippen LogP contribution in [0.4, 0.5) is 10.1 Å². The summed E-state index contributed by atoms with van der Waals surface area (Å²) in [6, 6.07) is 14.4. The molecular formula is C24H15ClFNO5. The van der Waals surface area contributed by atoms with Crippen LogP contribution in [0.15, 0.2) is 60.7 Å². The Hall–Kier alpha value is -3.84. The number of carbonyl (C=O) groups excluding carboxylic acids is 4. The fraction of sp³-hybridized carbons (Fsp3) is 0.0833. The Morgan fingerprint density at radius 2 is 1.59 bits per heavy atom. The number of hydrogen-bond donors (Lipinski definition) is 1. The molecule has 160 valence electrons. The molecule has 0 spiro atoms. The van der Waals surface area contributed by atoms with Gasteiger partial charge >= 0.3 is 5.97 Å². The van der Waals surface area contributed by atoms with Crippen molar-refractivity contribution in [1.82, 2.24) is 0 Å². The molecule has 6 nitrogen and oxygen atoms in total. The number of ether oxygens (including phenoxy) is 1. The van der Waals surface area contributed by atoms with Crippen LogP contribution in [0.1, 0.15) is 49.1 Å². The molecular weight excluding hydrogens is 437 g/mol. The summed E-state index contributed by atoms with van der Waals surface area (Å²) < 4.78 is 19.0.